The Kier molecular flexibility index (Phi) is 7.24. The molecule has 0 saturated carbocycles. The average Bonchev–Trinajstić information content (AvgIpc) is 2.43. The largest absolute Gasteiger partial charge is 0.496 e. The monoisotopic (exact) mass is 285 g/mol. The Balaban J connectivity index is 2.80. The Morgan fingerprint density at radius 2 is 2.16 bits per heavy atom. The highest BCUT2D eigenvalue weighted by molar-refractivity contribution is 7.80. The maximum atomic E-state index is 13.9. The number of thiol groups is 1. The summed E-state index contributed by atoms with van der Waals surface area (Å²) >= 11 is 4.24. The predicted octanol–water partition coefficient (Wildman–Crippen LogP) is 3.75. The molecule has 108 valence electrons. The molecular weight excluding hydrogens is 261 g/mol. The minimum absolute atomic E-state index is 0.195. The van der Waals surface area contributed by atoms with Crippen molar-refractivity contribution in [3.05, 3.63) is 29.6 Å². The molecule has 0 aromatic heterocycles. The number of hydrogen-bond acceptors (Lipinski definition) is 3. The van der Waals surface area contributed by atoms with Crippen LogP contribution in [0.3, 0.4) is 0 Å². The number of ether oxygens (including phenoxy) is 1. The SMILES string of the molecule is CCN(Cc1c(F)cccc1OC)C(C)CCCS. The van der Waals surface area contributed by atoms with Crippen molar-refractivity contribution in [2.24, 2.45) is 0 Å². The molecule has 0 fully saturated rings. The molecule has 0 aliphatic rings. The van der Waals surface area contributed by atoms with E-state index in [4.69, 9.17) is 4.74 Å². The molecule has 0 spiro atoms. The number of halogens is 1. The predicted molar refractivity (Wildman–Crippen MR) is 81.6 cm³/mol. The molecule has 0 saturated heterocycles. The molecule has 0 aliphatic heterocycles. The summed E-state index contributed by atoms with van der Waals surface area (Å²) in [5.41, 5.74) is 0.643. The van der Waals surface area contributed by atoms with Crippen LogP contribution in [0.15, 0.2) is 18.2 Å². The number of benzene rings is 1. The van der Waals surface area contributed by atoms with Gasteiger partial charge in [0.2, 0.25) is 0 Å². The van der Waals surface area contributed by atoms with E-state index in [2.05, 4.69) is 31.4 Å². The van der Waals surface area contributed by atoms with E-state index < -0.39 is 0 Å². The Morgan fingerprint density at radius 3 is 2.74 bits per heavy atom. The Labute approximate surface area is 121 Å². The van der Waals surface area contributed by atoms with E-state index in [1.807, 2.05) is 6.07 Å². The van der Waals surface area contributed by atoms with Gasteiger partial charge in [0.25, 0.3) is 0 Å². The van der Waals surface area contributed by atoms with Crippen LogP contribution in [0.2, 0.25) is 0 Å². The molecule has 0 N–H and O–H groups in total. The molecule has 0 heterocycles. The fraction of sp³-hybridized carbons (Fsp3) is 0.600. The summed E-state index contributed by atoms with van der Waals surface area (Å²) < 4.78 is 19.2. The second kappa shape index (κ2) is 8.43. The standard InChI is InChI=1S/C15H24FNOS/c1-4-17(12(2)7-6-10-19)11-13-14(16)8-5-9-15(13)18-3/h5,8-9,12,19H,4,6-7,10-11H2,1-3H3. The summed E-state index contributed by atoms with van der Waals surface area (Å²) in [5.74, 6) is 1.32. The first-order valence-electron chi connectivity index (χ1n) is 6.80. The first-order valence-corrected chi connectivity index (χ1v) is 7.43. The smallest absolute Gasteiger partial charge is 0.131 e. The normalized spacial score (nSPS) is 12.7. The van der Waals surface area contributed by atoms with Gasteiger partial charge in [0.15, 0.2) is 0 Å². The molecule has 0 bridgehead atoms. The molecule has 1 atom stereocenters. The fourth-order valence-electron chi connectivity index (χ4n) is 2.24. The molecule has 0 radical (unpaired) electrons. The van der Waals surface area contributed by atoms with Crippen LogP contribution in [-0.4, -0.2) is 30.3 Å². The zero-order chi connectivity index (χ0) is 14.3. The van der Waals surface area contributed by atoms with Gasteiger partial charge in [-0.15, -0.1) is 0 Å². The Morgan fingerprint density at radius 1 is 1.42 bits per heavy atom. The summed E-state index contributed by atoms with van der Waals surface area (Å²) in [4.78, 5) is 2.27. The van der Waals surface area contributed by atoms with Crippen molar-refractivity contribution < 1.29 is 9.13 Å². The summed E-state index contributed by atoms with van der Waals surface area (Å²) in [7, 11) is 1.58. The number of rotatable bonds is 8. The van der Waals surface area contributed by atoms with Gasteiger partial charge in [-0.2, -0.15) is 12.6 Å². The van der Waals surface area contributed by atoms with Crippen molar-refractivity contribution >= 4 is 12.6 Å². The van der Waals surface area contributed by atoms with Gasteiger partial charge in [0.1, 0.15) is 11.6 Å². The van der Waals surface area contributed by atoms with Gasteiger partial charge in [-0.1, -0.05) is 13.0 Å². The van der Waals surface area contributed by atoms with E-state index >= 15 is 0 Å². The first-order chi connectivity index (χ1) is 9.13. The van der Waals surface area contributed by atoms with Crippen molar-refractivity contribution in [2.75, 3.05) is 19.4 Å². The topological polar surface area (TPSA) is 12.5 Å². The molecule has 2 nitrogen and oxygen atoms in total. The highest BCUT2D eigenvalue weighted by Gasteiger charge is 2.17. The molecular formula is C15H24FNOS. The van der Waals surface area contributed by atoms with E-state index in [1.165, 1.54) is 6.07 Å². The van der Waals surface area contributed by atoms with E-state index in [0.717, 1.165) is 25.1 Å². The van der Waals surface area contributed by atoms with Crippen molar-refractivity contribution in [3.63, 3.8) is 0 Å². The number of methoxy groups -OCH3 is 1. The second-order valence-electron chi connectivity index (χ2n) is 4.70. The average molecular weight is 285 g/mol. The quantitative estimate of drug-likeness (QED) is 0.730. The van der Waals surface area contributed by atoms with Crippen molar-refractivity contribution in [2.45, 2.75) is 39.3 Å². The molecule has 1 aromatic carbocycles. The van der Waals surface area contributed by atoms with E-state index in [-0.39, 0.29) is 5.82 Å². The summed E-state index contributed by atoms with van der Waals surface area (Å²) in [6.45, 7) is 5.76. The third-order valence-corrected chi connectivity index (χ3v) is 3.78. The fourth-order valence-corrected chi connectivity index (χ4v) is 2.42. The molecule has 0 aliphatic carbocycles. The summed E-state index contributed by atoms with van der Waals surface area (Å²) in [6.07, 6.45) is 2.16. The minimum atomic E-state index is -0.195. The summed E-state index contributed by atoms with van der Waals surface area (Å²) in [5, 5.41) is 0. The molecule has 4 heteroatoms. The lowest BCUT2D eigenvalue weighted by molar-refractivity contribution is 0.195. The maximum Gasteiger partial charge on any atom is 0.131 e. The Hall–Kier alpha value is -0.740. The van der Waals surface area contributed by atoms with Gasteiger partial charge < -0.3 is 4.74 Å². The van der Waals surface area contributed by atoms with Gasteiger partial charge in [0, 0.05) is 18.2 Å². The van der Waals surface area contributed by atoms with E-state index in [9.17, 15) is 4.39 Å². The van der Waals surface area contributed by atoms with E-state index in [1.54, 1.807) is 13.2 Å². The van der Waals surface area contributed by atoms with Crippen LogP contribution in [0.5, 0.6) is 5.75 Å². The highest BCUT2D eigenvalue weighted by Crippen LogP contribution is 2.24. The molecule has 0 amide bonds. The van der Waals surface area contributed by atoms with Crippen LogP contribution >= 0.6 is 12.6 Å². The minimum Gasteiger partial charge on any atom is -0.496 e. The van der Waals surface area contributed by atoms with Crippen molar-refractivity contribution in [1.82, 2.24) is 4.90 Å². The number of nitrogens with zero attached hydrogens (tertiary/aromatic N) is 1. The van der Waals surface area contributed by atoms with Gasteiger partial charge >= 0.3 is 0 Å². The molecule has 19 heavy (non-hydrogen) atoms. The van der Waals surface area contributed by atoms with Crippen molar-refractivity contribution in [3.8, 4) is 5.75 Å². The van der Waals surface area contributed by atoms with Gasteiger partial charge in [-0.05, 0) is 44.2 Å². The van der Waals surface area contributed by atoms with Crippen LogP contribution in [0, 0.1) is 5.82 Å². The van der Waals surface area contributed by atoms with Gasteiger partial charge in [0.05, 0.1) is 7.11 Å². The number of hydrogen-bond donors (Lipinski definition) is 1. The molecule has 1 unspecified atom stereocenters. The van der Waals surface area contributed by atoms with Gasteiger partial charge in [-0.3, -0.25) is 4.90 Å². The second-order valence-corrected chi connectivity index (χ2v) is 5.15. The third kappa shape index (κ3) is 4.69. The third-order valence-electron chi connectivity index (χ3n) is 3.47. The molecule has 1 aromatic rings. The summed E-state index contributed by atoms with van der Waals surface area (Å²) in [6, 6.07) is 5.40. The zero-order valence-corrected chi connectivity index (χ0v) is 12.9. The first kappa shape index (κ1) is 16.3. The van der Waals surface area contributed by atoms with Crippen LogP contribution in [0.25, 0.3) is 0 Å². The highest BCUT2D eigenvalue weighted by atomic mass is 32.1. The van der Waals surface area contributed by atoms with Crippen LogP contribution in [0.4, 0.5) is 4.39 Å². The van der Waals surface area contributed by atoms with Crippen LogP contribution in [0.1, 0.15) is 32.3 Å². The van der Waals surface area contributed by atoms with E-state index in [0.29, 0.717) is 23.9 Å². The molecule has 1 rings (SSSR count). The van der Waals surface area contributed by atoms with Crippen LogP contribution in [-0.2, 0) is 6.54 Å². The lowest BCUT2D eigenvalue weighted by atomic mass is 10.1. The lowest BCUT2D eigenvalue weighted by Crippen LogP contribution is -2.33. The lowest BCUT2D eigenvalue weighted by Gasteiger charge is -2.28. The zero-order valence-electron chi connectivity index (χ0n) is 12.0. The Bertz CT molecular complexity index is 386. The van der Waals surface area contributed by atoms with Gasteiger partial charge in [-0.25, -0.2) is 4.39 Å². The van der Waals surface area contributed by atoms with Crippen molar-refractivity contribution in [1.29, 1.82) is 0 Å². The maximum absolute atomic E-state index is 13.9. The van der Waals surface area contributed by atoms with Crippen LogP contribution < -0.4 is 4.74 Å².